The fraction of sp³-hybridized carbons (Fsp3) is 0.0909. The highest BCUT2D eigenvalue weighted by molar-refractivity contribution is 5.87. The molecule has 0 heterocycles. The summed E-state index contributed by atoms with van der Waals surface area (Å²) in [5.74, 6) is 13.9. The minimum Gasteiger partial charge on any atom is -0.105 e. The van der Waals surface area contributed by atoms with Crippen molar-refractivity contribution in [3.8, 4) is 57.1 Å². The molecule has 0 fully saturated rings. The average molecular weight is 559 g/mol. The van der Waals surface area contributed by atoms with E-state index in [1.165, 1.54) is 66.8 Å². The zero-order valence-corrected chi connectivity index (χ0v) is 24.9. The van der Waals surface area contributed by atoms with Crippen LogP contribution < -0.4 is 0 Å². The first kappa shape index (κ1) is 26.1. The Morgan fingerprint density at radius 3 is 0.886 bits per heavy atom. The molecule has 0 saturated heterocycles. The molecule has 0 aromatic heterocycles. The molecular weight excluding hydrogens is 528 g/mol. The molecule has 0 radical (unpaired) electrons. The maximum Gasteiger partial charge on any atom is 0.107 e. The topological polar surface area (TPSA) is 0 Å². The fourth-order valence-electron chi connectivity index (χ4n) is 7.71. The van der Waals surface area contributed by atoms with Crippen LogP contribution in [0, 0.1) is 23.7 Å². The summed E-state index contributed by atoms with van der Waals surface area (Å²) in [7, 11) is 0. The lowest BCUT2D eigenvalue weighted by Crippen LogP contribution is -2.25. The van der Waals surface area contributed by atoms with E-state index in [4.69, 9.17) is 0 Å². The third kappa shape index (κ3) is 3.49. The maximum absolute atomic E-state index is 3.65. The van der Waals surface area contributed by atoms with Crippen LogP contribution in [-0.2, 0) is 10.8 Å². The Kier molecular flexibility index (Phi) is 5.94. The van der Waals surface area contributed by atoms with Crippen molar-refractivity contribution in [3.05, 3.63) is 179 Å². The van der Waals surface area contributed by atoms with Gasteiger partial charge in [0.1, 0.15) is 10.8 Å². The predicted octanol–water partition coefficient (Wildman–Crippen LogP) is 10.0. The van der Waals surface area contributed by atoms with Crippen LogP contribution >= 0.6 is 0 Å². The molecule has 0 atom stereocenters. The van der Waals surface area contributed by atoms with Gasteiger partial charge in [-0.3, -0.25) is 0 Å². The van der Waals surface area contributed by atoms with Gasteiger partial charge in [0.05, 0.1) is 0 Å². The minimum atomic E-state index is -0.487. The molecule has 2 aliphatic rings. The Morgan fingerprint density at radius 2 is 0.614 bits per heavy atom. The molecule has 8 rings (SSSR count). The molecule has 2 aliphatic carbocycles. The maximum atomic E-state index is 3.65. The second kappa shape index (κ2) is 10.0. The third-order valence-corrected chi connectivity index (χ3v) is 9.50. The number of benzene rings is 6. The van der Waals surface area contributed by atoms with Gasteiger partial charge in [-0.15, -0.1) is 11.8 Å². The summed E-state index contributed by atoms with van der Waals surface area (Å²) in [5.41, 5.74) is 13.9. The second-order valence-corrected chi connectivity index (χ2v) is 11.6. The summed E-state index contributed by atoms with van der Waals surface area (Å²) in [6, 6.07) is 52.9. The Labute approximate surface area is 260 Å². The number of fused-ring (bicyclic) bond motifs is 6. The van der Waals surface area contributed by atoms with E-state index in [-0.39, 0.29) is 0 Å². The lowest BCUT2D eigenvalue weighted by molar-refractivity contribution is 0.836. The molecular formula is C44H30. The van der Waals surface area contributed by atoms with E-state index >= 15 is 0 Å². The van der Waals surface area contributed by atoms with E-state index in [2.05, 4.69) is 169 Å². The van der Waals surface area contributed by atoms with Crippen LogP contribution in [0.3, 0.4) is 0 Å². The van der Waals surface area contributed by atoms with Gasteiger partial charge in [-0.05, 0) is 80.6 Å². The quantitative estimate of drug-likeness (QED) is 0.190. The smallest absolute Gasteiger partial charge is 0.105 e. The largest absolute Gasteiger partial charge is 0.107 e. The SMILES string of the molecule is CC#CC1(c2ccc(-c3ccc(C4(C#CC)c5ccccc5-c5ccccc54)cc3)cc2)c2ccccc2-c2ccccc21. The Hall–Kier alpha value is -5.56. The number of hydrogen-bond acceptors (Lipinski definition) is 0. The third-order valence-electron chi connectivity index (χ3n) is 9.50. The van der Waals surface area contributed by atoms with Crippen molar-refractivity contribution in [2.75, 3.05) is 0 Å². The van der Waals surface area contributed by atoms with Crippen LogP contribution in [0.4, 0.5) is 0 Å². The van der Waals surface area contributed by atoms with E-state index in [9.17, 15) is 0 Å². The molecule has 0 unspecified atom stereocenters. The molecule has 0 heteroatoms. The van der Waals surface area contributed by atoms with Crippen molar-refractivity contribution in [2.45, 2.75) is 24.7 Å². The first-order chi connectivity index (χ1) is 21.7. The molecule has 0 aliphatic heterocycles. The van der Waals surface area contributed by atoms with Crippen LogP contribution in [0.1, 0.15) is 47.2 Å². The zero-order chi connectivity index (χ0) is 29.7. The second-order valence-electron chi connectivity index (χ2n) is 11.6. The molecule has 0 spiro atoms. The number of rotatable bonds is 3. The minimum absolute atomic E-state index is 0.487. The first-order valence-corrected chi connectivity index (χ1v) is 15.2. The summed E-state index contributed by atoms with van der Waals surface area (Å²) >= 11 is 0. The summed E-state index contributed by atoms with van der Waals surface area (Å²) in [6.07, 6.45) is 0. The van der Waals surface area contributed by atoms with Gasteiger partial charge >= 0.3 is 0 Å². The highest BCUT2D eigenvalue weighted by atomic mass is 14.4. The van der Waals surface area contributed by atoms with Gasteiger partial charge in [-0.1, -0.05) is 157 Å². The van der Waals surface area contributed by atoms with Gasteiger partial charge in [0.25, 0.3) is 0 Å². The molecule has 0 amide bonds. The normalized spacial score (nSPS) is 14.1. The summed E-state index contributed by atoms with van der Waals surface area (Å²) in [5, 5.41) is 0. The molecule has 0 nitrogen and oxygen atoms in total. The Balaban J connectivity index is 1.21. The van der Waals surface area contributed by atoms with E-state index in [0.717, 1.165) is 0 Å². The van der Waals surface area contributed by atoms with Crippen LogP contribution in [0.25, 0.3) is 33.4 Å². The van der Waals surface area contributed by atoms with Gasteiger partial charge in [-0.2, -0.15) is 0 Å². The molecule has 6 aromatic carbocycles. The van der Waals surface area contributed by atoms with E-state index < -0.39 is 10.8 Å². The van der Waals surface area contributed by atoms with Gasteiger partial charge in [0.2, 0.25) is 0 Å². The lowest BCUT2D eigenvalue weighted by atomic mass is 9.72. The van der Waals surface area contributed by atoms with E-state index in [1.54, 1.807) is 0 Å². The molecule has 44 heavy (non-hydrogen) atoms. The summed E-state index contributed by atoms with van der Waals surface area (Å²) < 4.78 is 0. The van der Waals surface area contributed by atoms with E-state index in [1.807, 2.05) is 13.8 Å². The average Bonchev–Trinajstić information content (AvgIpc) is 3.54. The van der Waals surface area contributed by atoms with Crippen molar-refractivity contribution in [2.24, 2.45) is 0 Å². The zero-order valence-electron chi connectivity index (χ0n) is 24.9. The predicted molar refractivity (Wildman–Crippen MR) is 182 cm³/mol. The fourth-order valence-corrected chi connectivity index (χ4v) is 7.71. The van der Waals surface area contributed by atoms with Crippen molar-refractivity contribution in [3.63, 3.8) is 0 Å². The van der Waals surface area contributed by atoms with Crippen molar-refractivity contribution in [1.82, 2.24) is 0 Å². The molecule has 6 aromatic rings. The summed E-state index contributed by atoms with van der Waals surface area (Å²) in [6.45, 7) is 3.89. The Bertz CT molecular complexity index is 1940. The lowest BCUT2D eigenvalue weighted by Gasteiger charge is -2.28. The van der Waals surface area contributed by atoms with E-state index in [0.29, 0.717) is 0 Å². The molecule has 0 bridgehead atoms. The molecule has 206 valence electrons. The first-order valence-electron chi connectivity index (χ1n) is 15.2. The van der Waals surface area contributed by atoms with Crippen LogP contribution in [-0.4, -0.2) is 0 Å². The van der Waals surface area contributed by atoms with Crippen molar-refractivity contribution >= 4 is 0 Å². The van der Waals surface area contributed by atoms with Crippen LogP contribution in [0.15, 0.2) is 146 Å². The standard InChI is InChI=1S/C44H30/c1-3-29-43(39-17-9-5-13-35(39)36-14-6-10-18-40(36)43)33-25-21-31(22-26-33)32-23-27-34(28-24-32)44(30-4-2)41-19-11-7-15-37(41)38-16-8-12-20-42(38)44/h5-28H,1-2H3. The van der Waals surface area contributed by atoms with Crippen LogP contribution in [0.2, 0.25) is 0 Å². The van der Waals surface area contributed by atoms with Gasteiger partial charge in [0.15, 0.2) is 0 Å². The van der Waals surface area contributed by atoms with Crippen molar-refractivity contribution in [1.29, 1.82) is 0 Å². The van der Waals surface area contributed by atoms with Gasteiger partial charge in [-0.25, -0.2) is 0 Å². The van der Waals surface area contributed by atoms with Crippen molar-refractivity contribution < 1.29 is 0 Å². The highest BCUT2D eigenvalue weighted by Gasteiger charge is 2.44. The van der Waals surface area contributed by atoms with Gasteiger partial charge < -0.3 is 0 Å². The van der Waals surface area contributed by atoms with Gasteiger partial charge in [0, 0.05) is 0 Å². The molecule has 0 saturated carbocycles. The number of hydrogen-bond donors (Lipinski definition) is 0. The monoisotopic (exact) mass is 558 g/mol. The molecule has 0 N–H and O–H groups in total. The summed E-state index contributed by atoms with van der Waals surface area (Å²) in [4.78, 5) is 0. The Morgan fingerprint density at radius 1 is 0.341 bits per heavy atom. The van der Waals surface area contributed by atoms with Crippen LogP contribution in [0.5, 0.6) is 0 Å². The highest BCUT2D eigenvalue weighted by Crippen LogP contribution is 2.53.